The molecule has 2 rings (SSSR count). The summed E-state index contributed by atoms with van der Waals surface area (Å²) in [5.74, 6) is -0.355. The molecule has 78 valence electrons. The Labute approximate surface area is 88.6 Å². The van der Waals surface area contributed by atoms with Crippen molar-refractivity contribution in [2.45, 2.75) is 26.2 Å². The summed E-state index contributed by atoms with van der Waals surface area (Å²) in [5.41, 5.74) is 2.09. The molecule has 1 aliphatic carbocycles. The minimum absolute atomic E-state index is 0.0184. The number of carbonyl (C=O) groups is 1. The highest BCUT2D eigenvalue weighted by atomic mass is 19.1. The fourth-order valence-electron chi connectivity index (χ4n) is 1.93. The third-order valence-corrected chi connectivity index (χ3v) is 2.64. The Morgan fingerprint density at radius 3 is 2.73 bits per heavy atom. The standard InChI is InChI=1S/C13H13FO/c1-9-6-11(8-12(14)7-9)13(15)10-4-2-3-5-10/h4,6-8H,2-3,5H2,1H3. The van der Waals surface area contributed by atoms with Crippen molar-refractivity contribution in [3.63, 3.8) is 0 Å². The quantitative estimate of drug-likeness (QED) is 0.674. The van der Waals surface area contributed by atoms with E-state index in [-0.39, 0.29) is 11.6 Å². The molecule has 0 fully saturated rings. The fourth-order valence-corrected chi connectivity index (χ4v) is 1.93. The van der Waals surface area contributed by atoms with Crippen molar-refractivity contribution in [2.24, 2.45) is 0 Å². The summed E-state index contributed by atoms with van der Waals surface area (Å²) in [7, 11) is 0. The molecule has 0 atom stereocenters. The molecule has 0 radical (unpaired) electrons. The Kier molecular flexibility index (Phi) is 2.67. The fraction of sp³-hybridized carbons (Fsp3) is 0.308. The van der Waals surface area contributed by atoms with E-state index < -0.39 is 0 Å². The van der Waals surface area contributed by atoms with Gasteiger partial charge in [0, 0.05) is 5.56 Å². The van der Waals surface area contributed by atoms with E-state index in [0.717, 1.165) is 30.4 Å². The Bertz CT molecular complexity index is 412. The first-order chi connectivity index (χ1) is 7.16. The first kappa shape index (κ1) is 10.1. The van der Waals surface area contributed by atoms with Crippen LogP contribution in [0.2, 0.25) is 0 Å². The highest BCUT2D eigenvalue weighted by Gasteiger charge is 2.15. The Balaban J connectivity index is 2.32. The molecule has 2 heteroatoms. The number of Topliss-reactive ketones (excluding diaryl/α,β-unsaturated/α-hetero) is 1. The number of halogens is 1. The first-order valence-corrected chi connectivity index (χ1v) is 5.18. The molecule has 0 N–H and O–H groups in total. The topological polar surface area (TPSA) is 17.1 Å². The minimum atomic E-state index is -0.336. The smallest absolute Gasteiger partial charge is 0.188 e. The van der Waals surface area contributed by atoms with Crippen LogP contribution in [0, 0.1) is 12.7 Å². The van der Waals surface area contributed by atoms with E-state index in [2.05, 4.69) is 0 Å². The van der Waals surface area contributed by atoms with Gasteiger partial charge >= 0.3 is 0 Å². The van der Waals surface area contributed by atoms with E-state index >= 15 is 0 Å². The van der Waals surface area contributed by atoms with Crippen LogP contribution in [0.4, 0.5) is 4.39 Å². The molecule has 0 aliphatic heterocycles. The molecular formula is C13H13FO. The number of hydrogen-bond donors (Lipinski definition) is 0. The van der Waals surface area contributed by atoms with Gasteiger partial charge in [0.15, 0.2) is 5.78 Å². The van der Waals surface area contributed by atoms with Crippen LogP contribution in [-0.4, -0.2) is 5.78 Å². The zero-order valence-corrected chi connectivity index (χ0v) is 8.72. The van der Waals surface area contributed by atoms with E-state index in [4.69, 9.17) is 0 Å². The van der Waals surface area contributed by atoms with Crippen molar-refractivity contribution in [1.82, 2.24) is 0 Å². The molecular weight excluding hydrogens is 191 g/mol. The highest BCUT2D eigenvalue weighted by Crippen LogP contribution is 2.22. The van der Waals surface area contributed by atoms with Gasteiger partial charge in [-0.1, -0.05) is 6.08 Å². The molecule has 1 nitrogen and oxygen atoms in total. The molecule has 0 bridgehead atoms. The number of ketones is 1. The number of hydrogen-bond acceptors (Lipinski definition) is 1. The summed E-state index contributed by atoms with van der Waals surface area (Å²) in [4.78, 5) is 11.9. The van der Waals surface area contributed by atoms with Crippen LogP contribution in [0.25, 0.3) is 0 Å². The maximum atomic E-state index is 13.1. The molecule has 0 heterocycles. The summed E-state index contributed by atoms with van der Waals surface area (Å²) in [6.45, 7) is 1.79. The van der Waals surface area contributed by atoms with E-state index in [9.17, 15) is 9.18 Å². The normalized spacial score (nSPS) is 15.2. The maximum absolute atomic E-state index is 13.1. The predicted octanol–water partition coefficient (Wildman–Crippen LogP) is 3.43. The minimum Gasteiger partial charge on any atom is -0.289 e. The van der Waals surface area contributed by atoms with Crippen molar-refractivity contribution in [3.05, 3.63) is 46.8 Å². The maximum Gasteiger partial charge on any atom is 0.188 e. The molecule has 15 heavy (non-hydrogen) atoms. The summed E-state index contributed by atoms with van der Waals surface area (Å²) >= 11 is 0. The van der Waals surface area contributed by atoms with E-state index in [1.54, 1.807) is 13.0 Å². The molecule has 0 unspecified atom stereocenters. The van der Waals surface area contributed by atoms with Gasteiger partial charge in [0.2, 0.25) is 0 Å². The van der Waals surface area contributed by atoms with Gasteiger partial charge in [0.1, 0.15) is 5.82 Å². The molecule has 0 aromatic heterocycles. The van der Waals surface area contributed by atoms with Crippen LogP contribution in [0.1, 0.15) is 35.2 Å². The Morgan fingerprint density at radius 2 is 2.13 bits per heavy atom. The zero-order chi connectivity index (χ0) is 10.8. The molecule has 0 spiro atoms. The predicted molar refractivity (Wildman–Crippen MR) is 57.4 cm³/mol. The van der Waals surface area contributed by atoms with Crippen LogP contribution in [0.3, 0.4) is 0 Å². The van der Waals surface area contributed by atoms with Crippen molar-refractivity contribution in [2.75, 3.05) is 0 Å². The lowest BCUT2D eigenvalue weighted by Crippen LogP contribution is -2.02. The molecule has 0 amide bonds. The molecule has 1 aromatic rings. The van der Waals surface area contributed by atoms with Crippen molar-refractivity contribution in [1.29, 1.82) is 0 Å². The lowest BCUT2D eigenvalue weighted by Gasteiger charge is -2.03. The lowest BCUT2D eigenvalue weighted by atomic mass is 10.0. The summed E-state index contributed by atoms with van der Waals surface area (Å²) in [6, 6.07) is 4.48. The van der Waals surface area contributed by atoms with Gasteiger partial charge in [0.05, 0.1) is 0 Å². The second kappa shape index (κ2) is 3.97. The number of rotatable bonds is 2. The largest absolute Gasteiger partial charge is 0.289 e. The summed E-state index contributed by atoms with van der Waals surface area (Å²) in [5, 5.41) is 0. The van der Waals surface area contributed by atoms with Crippen molar-refractivity contribution in [3.8, 4) is 0 Å². The van der Waals surface area contributed by atoms with Gasteiger partial charge in [-0.05, 0) is 55.5 Å². The van der Waals surface area contributed by atoms with Gasteiger partial charge < -0.3 is 0 Å². The zero-order valence-electron chi connectivity index (χ0n) is 8.72. The van der Waals surface area contributed by atoms with Crippen molar-refractivity contribution >= 4 is 5.78 Å². The van der Waals surface area contributed by atoms with Crippen LogP contribution < -0.4 is 0 Å². The SMILES string of the molecule is Cc1cc(F)cc(C(=O)C2=CCCC2)c1. The third-order valence-electron chi connectivity index (χ3n) is 2.64. The molecule has 1 aliphatic rings. The highest BCUT2D eigenvalue weighted by molar-refractivity contribution is 6.09. The molecule has 0 saturated carbocycles. The monoisotopic (exact) mass is 204 g/mol. The second-order valence-corrected chi connectivity index (χ2v) is 3.97. The number of allylic oxidation sites excluding steroid dienone is 2. The molecule has 0 saturated heterocycles. The van der Waals surface area contributed by atoms with Crippen LogP contribution >= 0.6 is 0 Å². The van der Waals surface area contributed by atoms with Crippen LogP contribution in [0.5, 0.6) is 0 Å². The van der Waals surface area contributed by atoms with Gasteiger partial charge in [-0.25, -0.2) is 4.39 Å². The Hall–Kier alpha value is -1.44. The Morgan fingerprint density at radius 1 is 1.33 bits per heavy atom. The molecule has 1 aromatic carbocycles. The first-order valence-electron chi connectivity index (χ1n) is 5.18. The number of benzene rings is 1. The van der Waals surface area contributed by atoms with Gasteiger partial charge in [-0.15, -0.1) is 0 Å². The average molecular weight is 204 g/mol. The number of carbonyl (C=O) groups excluding carboxylic acids is 1. The van der Waals surface area contributed by atoms with E-state index in [1.807, 2.05) is 6.08 Å². The van der Waals surface area contributed by atoms with Gasteiger partial charge in [0.25, 0.3) is 0 Å². The van der Waals surface area contributed by atoms with E-state index in [0.29, 0.717) is 5.56 Å². The average Bonchev–Trinajstić information content (AvgIpc) is 2.67. The number of aryl methyl sites for hydroxylation is 1. The summed E-state index contributed by atoms with van der Waals surface area (Å²) < 4.78 is 13.1. The van der Waals surface area contributed by atoms with E-state index in [1.165, 1.54) is 12.1 Å². The van der Waals surface area contributed by atoms with Gasteiger partial charge in [-0.2, -0.15) is 0 Å². The van der Waals surface area contributed by atoms with Crippen LogP contribution in [0.15, 0.2) is 29.8 Å². The second-order valence-electron chi connectivity index (χ2n) is 3.97. The van der Waals surface area contributed by atoms with Crippen molar-refractivity contribution < 1.29 is 9.18 Å². The van der Waals surface area contributed by atoms with Crippen LogP contribution in [-0.2, 0) is 0 Å². The third kappa shape index (κ3) is 2.14. The van der Waals surface area contributed by atoms with Gasteiger partial charge in [-0.3, -0.25) is 4.79 Å². The lowest BCUT2D eigenvalue weighted by molar-refractivity contribution is 0.103. The summed E-state index contributed by atoms with van der Waals surface area (Å²) in [6.07, 6.45) is 4.79.